The summed E-state index contributed by atoms with van der Waals surface area (Å²) in [6, 6.07) is 23.5. The lowest BCUT2D eigenvalue weighted by molar-refractivity contribution is 0.170. The van der Waals surface area contributed by atoms with E-state index >= 15 is 0 Å². The summed E-state index contributed by atoms with van der Waals surface area (Å²) < 4.78 is 27.0. The SMILES string of the molecule is CCCCO[Si](CCCC[Si](OCCCC)(OCCCC)c1ccccc1)(OCCCC)c1ccccc1. The Hall–Kier alpha value is -1.29. The van der Waals surface area contributed by atoms with E-state index in [4.69, 9.17) is 17.7 Å². The first-order valence-electron chi connectivity index (χ1n) is 15.3. The molecule has 6 heteroatoms. The van der Waals surface area contributed by atoms with Crippen LogP contribution in [0.15, 0.2) is 60.7 Å². The fraction of sp³-hybridized carbons (Fsp3) is 0.625. The Morgan fingerprint density at radius 2 is 0.711 bits per heavy atom. The molecule has 0 bridgehead atoms. The van der Waals surface area contributed by atoms with E-state index in [1.807, 2.05) is 0 Å². The van der Waals surface area contributed by atoms with Gasteiger partial charge in [-0.2, -0.15) is 0 Å². The van der Waals surface area contributed by atoms with Gasteiger partial charge in [0.2, 0.25) is 0 Å². The smallest absolute Gasteiger partial charge is 0.372 e. The molecule has 0 amide bonds. The van der Waals surface area contributed by atoms with Crippen molar-refractivity contribution in [3.05, 3.63) is 60.7 Å². The van der Waals surface area contributed by atoms with Crippen LogP contribution in [-0.4, -0.2) is 43.5 Å². The molecule has 4 nitrogen and oxygen atoms in total. The number of hydrogen-bond donors (Lipinski definition) is 0. The normalized spacial score (nSPS) is 12.2. The quantitative estimate of drug-likeness (QED) is 0.103. The highest BCUT2D eigenvalue weighted by Gasteiger charge is 2.42. The van der Waals surface area contributed by atoms with Crippen LogP contribution in [0.1, 0.15) is 91.9 Å². The van der Waals surface area contributed by atoms with Crippen LogP contribution < -0.4 is 10.4 Å². The van der Waals surface area contributed by atoms with E-state index in [9.17, 15) is 0 Å². The molecular formula is C32H54O4Si2. The fourth-order valence-corrected chi connectivity index (χ4v) is 11.3. The first kappa shape index (κ1) is 32.9. The van der Waals surface area contributed by atoms with Gasteiger partial charge in [-0.05, 0) is 48.1 Å². The average Bonchev–Trinajstić information content (AvgIpc) is 2.96. The van der Waals surface area contributed by atoms with Crippen LogP contribution in [0.25, 0.3) is 0 Å². The summed E-state index contributed by atoms with van der Waals surface area (Å²) in [4.78, 5) is 0. The lowest BCUT2D eigenvalue weighted by Crippen LogP contribution is -2.55. The summed E-state index contributed by atoms with van der Waals surface area (Å²) in [7, 11) is -5.10. The van der Waals surface area contributed by atoms with Crippen molar-refractivity contribution >= 4 is 27.5 Å². The summed E-state index contributed by atoms with van der Waals surface area (Å²) in [6.07, 6.45) is 10.9. The molecule has 0 N–H and O–H groups in total. The number of unbranched alkanes of at least 4 members (excludes halogenated alkanes) is 5. The second-order valence-corrected chi connectivity index (χ2v) is 16.6. The summed E-state index contributed by atoms with van der Waals surface area (Å²) in [5.74, 6) is 0. The molecule has 0 aromatic heterocycles. The molecule has 0 saturated carbocycles. The van der Waals surface area contributed by atoms with Crippen LogP contribution in [0.2, 0.25) is 12.1 Å². The van der Waals surface area contributed by atoms with Gasteiger partial charge in [-0.25, -0.2) is 0 Å². The van der Waals surface area contributed by atoms with Crippen LogP contribution in [0.3, 0.4) is 0 Å². The zero-order valence-electron chi connectivity index (χ0n) is 24.7. The Balaban J connectivity index is 2.22. The molecule has 0 atom stereocenters. The van der Waals surface area contributed by atoms with E-state index in [2.05, 4.69) is 88.4 Å². The van der Waals surface area contributed by atoms with Crippen LogP contribution in [0.5, 0.6) is 0 Å². The Kier molecular flexibility index (Phi) is 17.1. The average molecular weight is 559 g/mol. The third kappa shape index (κ3) is 11.1. The Bertz CT molecular complexity index is 729. The zero-order chi connectivity index (χ0) is 27.4. The van der Waals surface area contributed by atoms with Gasteiger partial charge in [-0.3, -0.25) is 0 Å². The maximum atomic E-state index is 6.74. The topological polar surface area (TPSA) is 36.9 Å². The van der Waals surface area contributed by atoms with Crippen LogP contribution >= 0.6 is 0 Å². The monoisotopic (exact) mass is 558 g/mol. The Morgan fingerprint density at radius 3 is 0.974 bits per heavy atom. The minimum atomic E-state index is -2.55. The number of hydrogen-bond acceptors (Lipinski definition) is 4. The van der Waals surface area contributed by atoms with Crippen LogP contribution in [0, 0.1) is 0 Å². The van der Waals surface area contributed by atoms with E-state index in [1.54, 1.807) is 0 Å². The highest BCUT2D eigenvalue weighted by atomic mass is 28.4. The molecule has 0 fully saturated rings. The number of rotatable bonds is 23. The minimum absolute atomic E-state index is 0.771. The molecule has 2 aromatic carbocycles. The molecule has 214 valence electrons. The third-order valence-electron chi connectivity index (χ3n) is 7.02. The summed E-state index contributed by atoms with van der Waals surface area (Å²) >= 11 is 0. The van der Waals surface area contributed by atoms with Gasteiger partial charge >= 0.3 is 17.1 Å². The highest BCUT2D eigenvalue weighted by molar-refractivity contribution is 6.81. The van der Waals surface area contributed by atoms with Crippen molar-refractivity contribution in [2.45, 2.75) is 104 Å². The predicted octanol–water partition coefficient (Wildman–Crippen LogP) is 7.73. The minimum Gasteiger partial charge on any atom is -0.391 e. The molecule has 0 heterocycles. The molecule has 0 aliphatic carbocycles. The third-order valence-corrected chi connectivity index (χ3v) is 14.2. The molecule has 0 spiro atoms. The second-order valence-electron chi connectivity index (χ2n) is 10.3. The Morgan fingerprint density at radius 1 is 0.421 bits per heavy atom. The van der Waals surface area contributed by atoms with Crippen molar-refractivity contribution in [2.24, 2.45) is 0 Å². The van der Waals surface area contributed by atoms with Crippen molar-refractivity contribution in [1.82, 2.24) is 0 Å². The standard InChI is InChI=1S/C32H54O4Si2/c1-5-9-25-33-37(34-26-10-6-2,31-21-15-13-16-22-31)29-19-20-30-38(35-27-11-7-3,36-28-12-8-4)32-23-17-14-18-24-32/h13-18,21-24H,5-12,19-20,25-30H2,1-4H3. The van der Waals surface area contributed by atoms with E-state index in [1.165, 1.54) is 10.4 Å². The molecule has 2 rings (SSSR count). The van der Waals surface area contributed by atoms with Crippen LogP contribution in [-0.2, 0) is 17.7 Å². The van der Waals surface area contributed by atoms with Crippen molar-refractivity contribution in [1.29, 1.82) is 0 Å². The largest absolute Gasteiger partial charge is 0.391 e. The summed E-state index contributed by atoms with van der Waals surface area (Å²) in [5, 5.41) is 2.52. The van der Waals surface area contributed by atoms with Crippen molar-refractivity contribution < 1.29 is 17.7 Å². The first-order valence-corrected chi connectivity index (χ1v) is 19.4. The predicted molar refractivity (Wildman–Crippen MR) is 166 cm³/mol. The second kappa shape index (κ2) is 19.7. The molecule has 0 saturated heterocycles. The van der Waals surface area contributed by atoms with Crippen molar-refractivity contribution in [3.8, 4) is 0 Å². The summed E-state index contributed by atoms with van der Waals surface area (Å²) in [6.45, 7) is 12.0. The maximum Gasteiger partial charge on any atom is 0.372 e. The maximum absolute atomic E-state index is 6.74. The van der Waals surface area contributed by atoms with Gasteiger partial charge < -0.3 is 17.7 Å². The highest BCUT2D eigenvalue weighted by Crippen LogP contribution is 2.24. The lowest BCUT2D eigenvalue weighted by Gasteiger charge is -2.33. The zero-order valence-corrected chi connectivity index (χ0v) is 26.7. The van der Waals surface area contributed by atoms with Crippen molar-refractivity contribution in [2.75, 3.05) is 26.4 Å². The molecule has 0 radical (unpaired) electrons. The van der Waals surface area contributed by atoms with Gasteiger partial charge in [0.1, 0.15) is 0 Å². The van der Waals surface area contributed by atoms with Gasteiger partial charge in [0.25, 0.3) is 0 Å². The van der Waals surface area contributed by atoms with Gasteiger partial charge in [0, 0.05) is 26.4 Å². The lowest BCUT2D eigenvalue weighted by atomic mass is 10.4. The first-order chi connectivity index (χ1) is 18.7. The van der Waals surface area contributed by atoms with Crippen LogP contribution in [0.4, 0.5) is 0 Å². The molecule has 0 aliphatic rings. The molecule has 2 aromatic rings. The molecule has 38 heavy (non-hydrogen) atoms. The van der Waals surface area contributed by atoms with Gasteiger partial charge in [0.05, 0.1) is 0 Å². The van der Waals surface area contributed by atoms with Gasteiger partial charge in [-0.15, -0.1) is 0 Å². The van der Waals surface area contributed by atoms with E-state index in [0.29, 0.717) is 0 Å². The van der Waals surface area contributed by atoms with E-state index in [0.717, 1.165) is 103 Å². The molecular weight excluding hydrogens is 505 g/mol. The van der Waals surface area contributed by atoms with E-state index < -0.39 is 17.1 Å². The van der Waals surface area contributed by atoms with Crippen molar-refractivity contribution in [3.63, 3.8) is 0 Å². The number of benzene rings is 2. The Labute approximate surface area is 235 Å². The summed E-state index contributed by atoms with van der Waals surface area (Å²) in [5.41, 5.74) is 0. The van der Waals surface area contributed by atoms with Gasteiger partial charge in [-0.1, -0.05) is 127 Å². The molecule has 0 unspecified atom stereocenters. The molecule has 0 aliphatic heterocycles. The fourth-order valence-electron chi connectivity index (χ4n) is 4.62. The van der Waals surface area contributed by atoms with Gasteiger partial charge in [0.15, 0.2) is 0 Å². The van der Waals surface area contributed by atoms with E-state index in [-0.39, 0.29) is 0 Å².